The smallest absolute Gasteiger partial charge is 0.163 e. The van der Waals surface area contributed by atoms with Gasteiger partial charge >= 0.3 is 0 Å². The van der Waals surface area contributed by atoms with Gasteiger partial charge in [-0.25, -0.2) is 9.67 Å². The second-order valence-electron chi connectivity index (χ2n) is 6.56. The van der Waals surface area contributed by atoms with Crippen molar-refractivity contribution in [3.63, 3.8) is 0 Å². The van der Waals surface area contributed by atoms with Crippen LogP contribution in [-0.2, 0) is 18.2 Å². The van der Waals surface area contributed by atoms with Crippen molar-refractivity contribution >= 4 is 0 Å². The molecule has 1 saturated heterocycles. The van der Waals surface area contributed by atoms with Gasteiger partial charge in [-0.05, 0) is 30.2 Å². The summed E-state index contributed by atoms with van der Waals surface area (Å²) in [5.41, 5.74) is 3.18. The largest absolute Gasteiger partial charge is 0.493 e. The number of fused-ring (bicyclic) bond motifs is 1. The molecule has 0 amide bonds. The molecule has 5 rings (SSSR count). The van der Waals surface area contributed by atoms with E-state index < -0.39 is 0 Å². The van der Waals surface area contributed by atoms with Gasteiger partial charge in [0.25, 0.3) is 0 Å². The number of ether oxygens (including phenoxy) is 2. The predicted molar refractivity (Wildman–Crippen MR) is 90.9 cm³/mol. The van der Waals surface area contributed by atoms with Crippen LogP contribution in [-0.4, -0.2) is 44.4 Å². The van der Waals surface area contributed by atoms with Gasteiger partial charge in [-0.1, -0.05) is 0 Å². The molecule has 0 radical (unpaired) electrons. The maximum atomic E-state index is 5.62. The second-order valence-corrected chi connectivity index (χ2v) is 6.56. The Morgan fingerprint density at radius 2 is 2.20 bits per heavy atom. The zero-order chi connectivity index (χ0) is 16.8. The van der Waals surface area contributed by atoms with Gasteiger partial charge in [0, 0.05) is 31.6 Å². The molecule has 3 aromatic rings. The minimum atomic E-state index is 0.259. The summed E-state index contributed by atoms with van der Waals surface area (Å²) < 4.78 is 14.8. The van der Waals surface area contributed by atoms with Gasteiger partial charge in [0.05, 0.1) is 25.6 Å². The van der Waals surface area contributed by atoms with Crippen molar-refractivity contribution < 1.29 is 9.47 Å². The third kappa shape index (κ3) is 2.51. The van der Waals surface area contributed by atoms with Gasteiger partial charge in [0.15, 0.2) is 11.6 Å². The lowest BCUT2D eigenvalue weighted by Crippen LogP contribution is -2.02. The van der Waals surface area contributed by atoms with Crippen molar-refractivity contribution in [2.75, 3.05) is 19.8 Å². The molecule has 0 bridgehead atoms. The molecule has 2 aliphatic rings. The lowest BCUT2D eigenvalue weighted by atomic mass is 10.1. The molecule has 1 fully saturated rings. The quantitative estimate of drug-likeness (QED) is 0.732. The average molecular weight is 337 g/mol. The van der Waals surface area contributed by atoms with Gasteiger partial charge in [0.2, 0.25) is 0 Å². The first kappa shape index (κ1) is 14.7. The summed E-state index contributed by atoms with van der Waals surface area (Å²) in [6.07, 6.45) is 5.66. The Morgan fingerprint density at radius 1 is 1.24 bits per heavy atom. The lowest BCUT2D eigenvalue weighted by Gasteiger charge is -2.05. The van der Waals surface area contributed by atoms with Crippen LogP contribution in [0, 0.1) is 0 Å². The first-order valence-corrected chi connectivity index (χ1v) is 8.58. The van der Waals surface area contributed by atoms with Crippen LogP contribution in [0.4, 0.5) is 0 Å². The highest BCUT2D eigenvalue weighted by molar-refractivity contribution is 5.61. The molecule has 7 heteroatoms. The minimum Gasteiger partial charge on any atom is -0.493 e. The molecule has 25 heavy (non-hydrogen) atoms. The van der Waals surface area contributed by atoms with Gasteiger partial charge in [-0.2, -0.15) is 10.2 Å². The number of benzene rings is 1. The monoisotopic (exact) mass is 337 g/mol. The van der Waals surface area contributed by atoms with Crippen molar-refractivity contribution in [3.8, 4) is 22.8 Å². The standard InChI is InChI=1S/C18H19N5O2/c1-22-10-15(9-19-22)23-18(20-17(21-23)14-4-6-24-11-14)13-2-3-16-12(8-13)5-7-25-16/h2-3,8-10,14H,4-7,11H2,1H3. The summed E-state index contributed by atoms with van der Waals surface area (Å²) in [5.74, 6) is 2.91. The maximum absolute atomic E-state index is 5.62. The van der Waals surface area contributed by atoms with Crippen LogP contribution in [0.15, 0.2) is 30.6 Å². The highest BCUT2D eigenvalue weighted by Gasteiger charge is 2.25. The molecule has 0 aliphatic carbocycles. The highest BCUT2D eigenvalue weighted by atomic mass is 16.5. The first-order valence-electron chi connectivity index (χ1n) is 8.58. The summed E-state index contributed by atoms with van der Waals surface area (Å²) in [6.45, 7) is 2.21. The molecule has 1 atom stereocenters. The number of aromatic nitrogens is 5. The highest BCUT2D eigenvalue weighted by Crippen LogP contribution is 2.32. The van der Waals surface area contributed by atoms with Gasteiger partial charge in [-0.3, -0.25) is 4.68 Å². The van der Waals surface area contributed by atoms with Crippen LogP contribution in [0.5, 0.6) is 5.75 Å². The number of nitrogens with zero attached hydrogens (tertiary/aromatic N) is 5. The third-order valence-electron chi connectivity index (χ3n) is 4.80. The van der Waals surface area contributed by atoms with Crippen LogP contribution >= 0.6 is 0 Å². The average Bonchev–Trinajstić information content (AvgIpc) is 3.39. The zero-order valence-corrected chi connectivity index (χ0v) is 14.1. The van der Waals surface area contributed by atoms with Gasteiger partial charge < -0.3 is 9.47 Å². The van der Waals surface area contributed by atoms with Gasteiger partial charge in [-0.15, -0.1) is 0 Å². The van der Waals surface area contributed by atoms with Crippen LogP contribution in [0.25, 0.3) is 17.1 Å². The molecular formula is C18H19N5O2. The first-order chi connectivity index (χ1) is 12.3. The number of rotatable bonds is 3. The van der Waals surface area contributed by atoms with E-state index in [-0.39, 0.29) is 5.92 Å². The van der Waals surface area contributed by atoms with Crippen LogP contribution < -0.4 is 4.74 Å². The molecule has 4 heterocycles. The summed E-state index contributed by atoms with van der Waals surface area (Å²) in [6, 6.07) is 6.24. The molecule has 1 aromatic carbocycles. The fourth-order valence-corrected chi connectivity index (χ4v) is 3.45. The molecular weight excluding hydrogens is 318 g/mol. The Morgan fingerprint density at radius 3 is 3.00 bits per heavy atom. The van der Waals surface area contributed by atoms with E-state index in [0.29, 0.717) is 6.61 Å². The molecule has 2 aromatic heterocycles. The van der Waals surface area contributed by atoms with Crippen molar-refractivity contribution in [2.45, 2.75) is 18.8 Å². The fourth-order valence-electron chi connectivity index (χ4n) is 3.45. The Balaban J connectivity index is 1.63. The van der Waals surface area contributed by atoms with E-state index in [4.69, 9.17) is 19.6 Å². The predicted octanol–water partition coefficient (Wildman–Crippen LogP) is 2.11. The van der Waals surface area contributed by atoms with E-state index in [1.54, 1.807) is 4.68 Å². The summed E-state index contributed by atoms with van der Waals surface area (Å²) in [5, 5.41) is 9.06. The third-order valence-corrected chi connectivity index (χ3v) is 4.80. The summed E-state index contributed by atoms with van der Waals surface area (Å²) >= 11 is 0. The van der Waals surface area contributed by atoms with E-state index in [9.17, 15) is 0 Å². The van der Waals surface area contributed by atoms with E-state index >= 15 is 0 Å². The van der Waals surface area contributed by atoms with Crippen molar-refractivity contribution in [1.82, 2.24) is 24.5 Å². The second kappa shape index (κ2) is 5.70. The molecule has 128 valence electrons. The van der Waals surface area contributed by atoms with Crippen molar-refractivity contribution in [2.24, 2.45) is 7.05 Å². The van der Waals surface area contributed by atoms with E-state index in [1.807, 2.05) is 30.2 Å². The number of hydrogen-bond donors (Lipinski definition) is 0. The minimum absolute atomic E-state index is 0.259. The van der Waals surface area contributed by atoms with Crippen molar-refractivity contribution in [3.05, 3.63) is 42.0 Å². The lowest BCUT2D eigenvalue weighted by molar-refractivity contribution is 0.193. The summed E-state index contributed by atoms with van der Waals surface area (Å²) in [7, 11) is 1.90. The zero-order valence-electron chi connectivity index (χ0n) is 14.1. The Labute approximate surface area is 145 Å². The van der Waals surface area contributed by atoms with Gasteiger partial charge in [0.1, 0.15) is 11.4 Å². The van der Waals surface area contributed by atoms with Crippen LogP contribution in [0.3, 0.4) is 0 Å². The molecule has 2 aliphatic heterocycles. The molecule has 0 N–H and O–H groups in total. The normalized spacial score (nSPS) is 19.2. The number of hydrogen-bond acceptors (Lipinski definition) is 5. The SMILES string of the molecule is Cn1cc(-n2nc(C3CCOC3)nc2-c2ccc3c(c2)CCO3)cn1. The summed E-state index contributed by atoms with van der Waals surface area (Å²) in [4.78, 5) is 4.87. The Kier molecular flexibility index (Phi) is 3.34. The Bertz CT molecular complexity index is 923. The molecule has 1 unspecified atom stereocenters. The van der Waals surface area contributed by atoms with E-state index in [2.05, 4.69) is 17.2 Å². The van der Waals surface area contributed by atoms with Crippen LogP contribution in [0.2, 0.25) is 0 Å². The van der Waals surface area contributed by atoms with E-state index in [0.717, 1.165) is 54.7 Å². The van der Waals surface area contributed by atoms with Crippen LogP contribution in [0.1, 0.15) is 23.7 Å². The fraction of sp³-hybridized carbons (Fsp3) is 0.389. The molecule has 0 spiro atoms. The maximum Gasteiger partial charge on any atom is 0.163 e. The Hall–Kier alpha value is -2.67. The van der Waals surface area contributed by atoms with E-state index in [1.165, 1.54) is 5.56 Å². The molecule has 0 saturated carbocycles. The topological polar surface area (TPSA) is 67.0 Å². The van der Waals surface area contributed by atoms with Crippen molar-refractivity contribution in [1.29, 1.82) is 0 Å². The number of aryl methyl sites for hydroxylation is 1. The molecule has 7 nitrogen and oxygen atoms in total.